The van der Waals surface area contributed by atoms with Crippen LogP contribution < -0.4 is 10.2 Å². The first-order valence-corrected chi connectivity index (χ1v) is 12.9. The zero-order chi connectivity index (χ0) is 26.1. The van der Waals surface area contributed by atoms with Crippen molar-refractivity contribution in [2.45, 2.75) is 58.9 Å². The lowest BCUT2D eigenvalue weighted by atomic mass is 9.98. The van der Waals surface area contributed by atoms with Gasteiger partial charge in [0.25, 0.3) is 0 Å². The number of unbranched alkanes of at least 4 members (excludes halogenated alkanes) is 3. The average Bonchev–Trinajstić information content (AvgIpc) is 2.90. The van der Waals surface area contributed by atoms with Crippen LogP contribution in [0.3, 0.4) is 0 Å². The number of carboxylic acids is 1. The van der Waals surface area contributed by atoms with Crippen molar-refractivity contribution >= 4 is 23.3 Å². The van der Waals surface area contributed by atoms with Gasteiger partial charge in [0.2, 0.25) is 5.91 Å². The van der Waals surface area contributed by atoms with Crippen LogP contribution in [-0.4, -0.2) is 24.0 Å². The first-order valence-electron chi connectivity index (χ1n) is 12.9. The van der Waals surface area contributed by atoms with Gasteiger partial charge in [0.15, 0.2) is 0 Å². The summed E-state index contributed by atoms with van der Waals surface area (Å²) < 4.78 is 0. The predicted octanol–water partition coefficient (Wildman–Crippen LogP) is 7.60. The molecule has 0 aliphatic heterocycles. The van der Waals surface area contributed by atoms with Gasteiger partial charge in [-0.1, -0.05) is 82.0 Å². The number of carbonyl (C=O) groups is 2. The van der Waals surface area contributed by atoms with E-state index in [2.05, 4.69) is 24.4 Å². The SMILES string of the molecule is CCCCCCC(C)C(=O)NC(C)c1cccc(-c2ccc(N(C)c3ccccc3C(=O)O)cc2)c1. The van der Waals surface area contributed by atoms with Crippen LogP contribution in [0.15, 0.2) is 72.8 Å². The number of hydrogen-bond donors (Lipinski definition) is 2. The summed E-state index contributed by atoms with van der Waals surface area (Å²) in [6.45, 7) is 6.23. The zero-order valence-corrected chi connectivity index (χ0v) is 21.8. The minimum atomic E-state index is -0.946. The molecule has 2 N–H and O–H groups in total. The van der Waals surface area contributed by atoms with Crippen molar-refractivity contribution in [1.82, 2.24) is 5.32 Å². The van der Waals surface area contributed by atoms with Crippen LogP contribution in [0.4, 0.5) is 11.4 Å². The molecule has 0 aliphatic carbocycles. The van der Waals surface area contributed by atoms with Gasteiger partial charge in [-0.05, 0) is 60.4 Å². The number of nitrogens with one attached hydrogen (secondary N) is 1. The largest absolute Gasteiger partial charge is 0.478 e. The van der Waals surface area contributed by atoms with E-state index in [9.17, 15) is 14.7 Å². The summed E-state index contributed by atoms with van der Waals surface area (Å²) in [6, 6.07) is 23.2. The van der Waals surface area contributed by atoms with Crippen LogP contribution >= 0.6 is 0 Å². The number of nitrogens with zero attached hydrogens (tertiary/aromatic N) is 1. The zero-order valence-electron chi connectivity index (χ0n) is 21.8. The lowest BCUT2D eigenvalue weighted by molar-refractivity contribution is -0.125. The van der Waals surface area contributed by atoms with E-state index >= 15 is 0 Å². The van der Waals surface area contributed by atoms with E-state index in [1.54, 1.807) is 12.1 Å². The second kappa shape index (κ2) is 12.9. The summed E-state index contributed by atoms with van der Waals surface area (Å²) in [7, 11) is 1.87. The maximum Gasteiger partial charge on any atom is 0.337 e. The number of benzene rings is 3. The molecule has 3 rings (SSSR count). The minimum absolute atomic E-state index is 0.0169. The molecule has 0 heterocycles. The molecular weight excluding hydrogens is 448 g/mol. The van der Waals surface area contributed by atoms with Gasteiger partial charge in [0.1, 0.15) is 0 Å². The number of amides is 1. The Morgan fingerprint density at radius 2 is 1.61 bits per heavy atom. The number of carboxylic acid groups (broad SMARTS) is 1. The van der Waals surface area contributed by atoms with Crippen LogP contribution in [0.2, 0.25) is 0 Å². The molecule has 0 aliphatic rings. The molecule has 5 heteroatoms. The Hall–Kier alpha value is -3.60. The highest BCUT2D eigenvalue weighted by molar-refractivity contribution is 5.95. The van der Waals surface area contributed by atoms with Crippen LogP contribution in [0.1, 0.15) is 74.8 Å². The normalized spacial score (nSPS) is 12.6. The number of carbonyl (C=O) groups excluding carboxylic acids is 1. The topological polar surface area (TPSA) is 69.6 Å². The fourth-order valence-corrected chi connectivity index (χ4v) is 4.40. The Bertz CT molecular complexity index is 1160. The molecule has 0 bridgehead atoms. The van der Waals surface area contributed by atoms with E-state index in [1.165, 1.54) is 19.3 Å². The van der Waals surface area contributed by atoms with E-state index < -0.39 is 5.97 Å². The molecule has 0 saturated heterocycles. The number of rotatable bonds is 12. The monoisotopic (exact) mass is 486 g/mol. The summed E-state index contributed by atoms with van der Waals surface area (Å²) in [5.74, 6) is -0.820. The second-order valence-electron chi connectivity index (χ2n) is 9.53. The highest BCUT2D eigenvalue weighted by Crippen LogP contribution is 2.30. The number of hydrogen-bond acceptors (Lipinski definition) is 3. The Kier molecular flexibility index (Phi) is 9.69. The molecule has 0 fully saturated rings. The highest BCUT2D eigenvalue weighted by Gasteiger charge is 2.17. The van der Waals surface area contributed by atoms with Crippen molar-refractivity contribution in [3.63, 3.8) is 0 Å². The first-order chi connectivity index (χ1) is 17.3. The van der Waals surface area contributed by atoms with Crippen molar-refractivity contribution < 1.29 is 14.7 Å². The molecule has 3 aromatic rings. The third kappa shape index (κ3) is 6.97. The van der Waals surface area contributed by atoms with Gasteiger partial charge in [-0.25, -0.2) is 4.79 Å². The van der Waals surface area contributed by atoms with E-state index in [4.69, 9.17) is 0 Å². The van der Waals surface area contributed by atoms with Crippen molar-refractivity contribution in [1.29, 1.82) is 0 Å². The molecule has 190 valence electrons. The predicted molar refractivity (Wildman–Crippen MR) is 148 cm³/mol. The van der Waals surface area contributed by atoms with Gasteiger partial charge in [-0.15, -0.1) is 0 Å². The summed E-state index contributed by atoms with van der Waals surface area (Å²) in [5.41, 5.74) is 5.00. The van der Waals surface area contributed by atoms with Gasteiger partial charge < -0.3 is 15.3 Å². The summed E-state index contributed by atoms with van der Waals surface area (Å²) in [6.07, 6.45) is 5.64. The van der Waals surface area contributed by atoms with E-state index in [1.807, 2.05) is 74.3 Å². The van der Waals surface area contributed by atoms with E-state index in [0.717, 1.165) is 35.2 Å². The van der Waals surface area contributed by atoms with Gasteiger partial charge >= 0.3 is 5.97 Å². The molecule has 1 amide bonds. The maximum absolute atomic E-state index is 12.7. The lowest BCUT2D eigenvalue weighted by Gasteiger charge is -2.22. The van der Waals surface area contributed by atoms with Crippen LogP contribution in [0.25, 0.3) is 11.1 Å². The molecule has 0 spiro atoms. The van der Waals surface area contributed by atoms with E-state index in [-0.39, 0.29) is 23.4 Å². The number of anilines is 2. The molecule has 5 nitrogen and oxygen atoms in total. The Labute approximate surface area is 215 Å². The van der Waals surface area contributed by atoms with Crippen LogP contribution in [0, 0.1) is 5.92 Å². The third-order valence-electron chi connectivity index (χ3n) is 6.77. The van der Waals surface area contributed by atoms with Crippen molar-refractivity contribution in [3.05, 3.63) is 83.9 Å². The summed E-state index contributed by atoms with van der Waals surface area (Å²) in [5, 5.41) is 12.7. The van der Waals surface area contributed by atoms with Crippen LogP contribution in [0.5, 0.6) is 0 Å². The fraction of sp³-hybridized carbons (Fsp3) is 0.355. The van der Waals surface area contributed by atoms with Crippen molar-refractivity contribution in [2.75, 3.05) is 11.9 Å². The van der Waals surface area contributed by atoms with Crippen LogP contribution in [-0.2, 0) is 4.79 Å². The van der Waals surface area contributed by atoms with Crippen molar-refractivity contribution in [3.8, 4) is 11.1 Å². The minimum Gasteiger partial charge on any atom is -0.478 e. The lowest BCUT2D eigenvalue weighted by Crippen LogP contribution is -2.31. The molecule has 2 atom stereocenters. The molecule has 0 saturated carbocycles. The Balaban J connectivity index is 1.68. The van der Waals surface area contributed by atoms with Gasteiger partial charge in [-0.2, -0.15) is 0 Å². The average molecular weight is 487 g/mol. The molecule has 0 radical (unpaired) electrons. The Morgan fingerprint density at radius 1 is 0.889 bits per heavy atom. The standard InChI is InChI=1S/C31H38N2O3/c1-5-6-7-8-12-22(2)30(34)32-23(3)25-13-11-14-26(21-25)24-17-19-27(20-18-24)33(4)29-16-10-9-15-28(29)31(35)36/h9-11,13-23H,5-8,12H2,1-4H3,(H,32,34)(H,35,36). The quantitative estimate of drug-likeness (QED) is 0.259. The molecule has 2 unspecified atom stereocenters. The molecular formula is C31H38N2O3. The van der Waals surface area contributed by atoms with Gasteiger partial charge in [-0.3, -0.25) is 4.79 Å². The molecule has 0 aromatic heterocycles. The third-order valence-corrected chi connectivity index (χ3v) is 6.77. The summed E-state index contributed by atoms with van der Waals surface area (Å²) in [4.78, 5) is 26.2. The first kappa shape index (κ1) is 27.0. The molecule has 3 aromatic carbocycles. The number of para-hydroxylation sites is 1. The Morgan fingerprint density at radius 3 is 2.31 bits per heavy atom. The fourth-order valence-electron chi connectivity index (χ4n) is 4.40. The van der Waals surface area contributed by atoms with E-state index in [0.29, 0.717) is 5.69 Å². The summed E-state index contributed by atoms with van der Waals surface area (Å²) >= 11 is 0. The van der Waals surface area contributed by atoms with Crippen molar-refractivity contribution in [2.24, 2.45) is 5.92 Å². The smallest absolute Gasteiger partial charge is 0.337 e. The second-order valence-corrected chi connectivity index (χ2v) is 9.53. The molecule has 36 heavy (non-hydrogen) atoms. The van der Waals surface area contributed by atoms with Gasteiger partial charge in [0, 0.05) is 18.7 Å². The maximum atomic E-state index is 12.7. The number of aromatic carboxylic acids is 1. The highest BCUT2D eigenvalue weighted by atomic mass is 16.4. The van der Waals surface area contributed by atoms with Gasteiger partial charge in [0.05, 0.1) is 17.3 Å².